The fraction of sp³-hybridized carbons (Fsp3) is 0.250. The van der Waals surface area contributed by atoms with Crippen molar-refractivity contribution in [3.05, 3.63) is 56.0 Å². The fourth-order valence-corrected chi connectivity index (χ4v) is 5.53. The molecule has 6 nitrogen and oxygen atoms in total. The molecular weight excluding hydrogens is 474 g/mol. The summed E-state index contributed by atoms with van der Waals surface area (Å²) in [6.45, 7) is 2.39. The molecular formula is C20H18BrN3O3S2. The molecule has 2 aliphatic rings. The van der Waals surface area contributed by atoms with E-state index in [0.29, 0.717) is 18.0 Å². The Labute approximate surface area is 185 Å². The number of hydrogen-bond donors (Lipinski definition) is 0. The van der Waals surface area contributed by atoms with Gasteiger partial charge in [-0.1, -0.05) is 18.2 Å². The lowest BCUT2D eigenvalue weighted by molar-refractivity contribution is -0.136. The van der Waals surface area contributed by atoms with Crippen molar-refractivity contribution in [1.82, 2.24) is 9.80 Å². The molecule has 0 spiro atoms. The third kappa shape index (κ3) is 4.57. The number of anilines is 1. The number of benzene rings is 1. The zero-order valence-corrected chi connectivity index (χ0v) is 18.6. The van der Waals surface area contributed by atoms with Crippen LogP contribution < -0.4 is 4.90 Å². The second-order valence-electron chi connectivity index (χ2n) is 6.61. The number of thiophene rings is 1. The van der Waals surface area contributed by atoms with Crippen molar-refractivity contribution in [1.29, 1.82) is 0 Å². The van der Waals surface area contributed by atoms with Gasteiger partial charge in [-0.25, -0.2) is 0 Å². The first-order chi connectivity index (χ1) is 14.0. The van der Waals surface area contributed by atoms with Crippen LogP contribution in [0.1, 0.15) is 4.88 Å². The molecule has 0 bridgehead atoms. The topological polar surface area (TPSA) is 60.9 Å². The first kappa shape index (κ1) is 20.2. The van der Waals surface area contributed by atoms with Crippen LogP contribution in [-0.4, -0.2) is 59.6 Å². The van der Waals surface area contributed by atoms with Crippen molar-refractivity contribution in [3.8, 4) is 0 Å². The number of carbonyl (C=O) groups excluding carboxylic acids is 3. The third-order valence-electron chi connectivity index (χ3n) is 4.79. The van der Waals surface area contributed by atoms with Crippen molar-refractivity contribution in [2.24, 2.45) is 0 Å². The van der Waals surface area contributed by atoms with Gasteiger partial charge in [0.15, 0.2) is 0 Å². The average molecular weight is 492 g/mol. The molecule has 150 valence electrons. The molecule has 2 aromatic rings. The smallest absolute Gasteiger partial charge is 0.294 e. The minimum atomic E-state index is -0.402. The number of piperazine rings is 1. The molecule has 3 heterocycles. The summed E-state index contributed by atoms with van der Waals surface area (Å²) in [7, 11) is 0. The summed E-state index contributed by atoms with van der Waals surface area (Å²) in [6, 6.07) is 13.8. The van der Waals surface area contributed by atoms with Gasteiger partial charge < -0.3 is 9.80 Å². The molecule has 1 aromatic heterocycles. The highest BCUT2D eigenvalue weighted by molar-refractivity contribution is 9.11. The van der Waals surface area contributed by atoms with Gasteiger partial charge in [-0.3, -0.25) is 19.3 Å². The number of thioether (sulfide) groups is 1. The molecule has 0 aliphatic carbocycles. The Bertz CT molecular complexity index is 968. The molecule has 2 fully saturated rings. The van der Waals surface area contributed by atoms with E-state index in [-0.39, 0.29) is 12.5 Å². The standard InChI is InChI=1S/C20H18BrN3O3S2/c21-17-7-6-15(28-17)12-16-19(26)24(20(27)29-16)13-18(25)23-10-8-22(9-11-23)14-4-2-1-3-5-14/h1-7,12H,8-11,13H2/b16-12-. The number of carbonyl (C=O) groups is 3. The summed E-state index contributed by atoms with van der Waals surface area (Å²) in [5.74, 6) is -0.596. The van der Waals surface area contributed by atoms with E-state index in [1.807, 2.05) is 30.3 Å². The summed E-state index contributed by atoms with van der Waals surface area (Å²) in [4.78, 5) is 43.8. The van der Waals surface area contributed by atoms with Crippen molar-refractivity contribution in [2.75, 3.05) is 37.6 Å². The Balaban J connectivity index is 1.35. The molecule has 2 saturated heterocycles. The number of para-hydroxylation sites is 1. The molecule has 1 aromatic carbocycles. The lowest BCUT2D eigenvalue weighted by Crippen LogP contribution is -2.51. The zero-order chi connectivity index (χ0) is 20.4. The van der Waals surface area contributed by atoms with Gasteiger partial charge in [0.2, 0.25) is 5.91 Å². The number of nitrogens with zero attached hydrogens (tertiary/aromatic N) is 3. The van der Waals surface area contributed by atoms with Gasteiger partial charge in [0, 0.05) is 36.7 Å². The van der Waals surface area contributed by atoms with E-state index >= 15 is 0 Å². The summed E-state index contributed by atoms with van der Waals surface area (Å²) in [5, 5.41) is -0.395. The van der Waals surface area contributed by atoms with Crippen molar-refractivity contribution in [3.63, 3.8) is 0 Å². The van der Waals surface area contributed by atoms with E-state index in [9.17, 15) is 14.4 Å². The van der Waals surface area contributed by atoms with Crippen LogP contribution in [0.2, 0.25) is 0 Å². The molecule has 2 aliphatic heterocycles. The van der Waals surface area contributed by atoms with Crippen LogP contribution in [0, 0.1) is 0 Å². The van der Waals surface area contributed by atoms with E-state index in [0.717, 1.165) is 44.1 Å². The Morgan fingerprint density at radius 2 is 1.76 bits per heavy atom. The van der Waals surface area contributed by atoms with Gasteiger partial charge in [0.05, 0.1) is 8.69 Å². The monoisotopic (exact) mass is 491 g/mol. The Morgan fingerprint density at radius 1 is 1.03 bits per heavy atom. The Morgan fingerprint density at radius 3 is 2.41 bits per heavy atom. The molecule has 0 atom stereocenters. The second-order valence-corrected chi connectivity index (χ2v) is 10.1. The quantitative estimate of drug-likeness (QED) is 0.607. The van der Waals surface area contributed by atoms with E-state index in [4.69, 9.17) is 0 Å². The van der Waals surface area contributed by atoms with E-state index in [1.54, 1.807) is 11.0 Å². The SMILES string of the molecule is O=C(CN1C(=O)S/C(=C\c2ccc(Br)s2)C1=O)N1CCN(c2ccccc2)CC1. The van der Waals surface area contributed by atoms with Crippen LogP contribution in [0.15, 0.2) is 51.2 Å². The van der Waals surface area contributed by atoms with Gasteiger partial charge in [0.25, 0.3) is 11.1 Å². The maximum Gasteiger partial charge on any atom is 0.294 e. The predicted octanol–water partition coefficient (Wildman–Crippen LogP) is 3.90. The fourth-order valence-electron chi connectivity index (χ4n) is 3.26. The lowest BCUT2D eigenvalue weighted by atomic mass is 10.2. The number of halogens is 1. The average Bonchev–Trinajstić information content (AvgIpc) is 3.26. The highest BCUT2D eigenvalue weighted by Crippen LogP contribution is 2.34. The van der Waals surface area contributed by atoms with Gasteiger partial charge in [-0.15, -0.1) is 11.3 Å². The molecule has 0 unspecified atom stereocenters. The third-order valence-corrected chi connectivity index (χ3v) is 7.27. The van der Waals surface area contributed by atoms with Crippen LogP contribution >= 0.6 is 39.0 Å². The normalized spacial score (nSPS) is 18.8. The number of rotatable bonds is 4. The molecule has 4 rings (SSSR count). The van der Waals surface area contributed by atoms with E-state index < -0.39 is 11.1 Å². The van der Waals surface area contributed by atoms with Crippen molar-refractivity contribution >= 4 is 67.8 Å². The zero-order valence-electron chi connectivity index (χ0n) is 15.4. The molecule has 0 saturated carbocycles. The van der Waals surface area contributed by atoms with Crippen LogP contribution in [-0.2, 0) is 9.59 Å². The molecule has 3 amide bonds. The molecule has 9 heteroatoms. The van der Waals surface area contributed by atoms with Gasteiger partial charge in [-0.05, 0) is 58.0 Å². The highest BCUT2D eigenvalue weighted by atomic mass is 79.9. The molecule has 29 heavy (non-hydrogen) atoms. The van der Waals surface area contributed by atoms with Crippen LogP contribution in [0.4, 0.5) is 10.5 Å². The van der Waals surface area contributed by atoms with E-state index in [2.05, 4.69) is 33.0 Å². The van der Waals surface area contributed by atoms with Gasteiger partial charge in [-0.2, -0.15) is 0 Å². The maximum atomic E-state index is 12.7. The number of amides is 3. The van der Waals surface area contributed by atoms with Crippen molar-refractivity contribution in [2.45, 2.75) is 0 Å². The first-order valence-corrected chi connectivity index (χ1v) is 11.5. The minimum absolute atomic E-state index is 0.194. The summed E-state index contributed by atoms with van der Waals surface area (Å²) >= 11 is 5.75. The molecule has 0 N–H and O–H groups in total. The van der Waals surface area contributed by atoms with Crippen LogP contribution in [0.3, 0.4) is 0 Å². The van der Waals surface area contributed by atoms with Gasteiger partial charge >= 0.3 is 0 Å². The summed E-state index contributed by atoms with van der Waals surface area (Å²) < 4.78 is 0.952. The highest BCUT2D eigenvalue weighted by Gasteiger charge is 2.37. The lowest BCUT2D eigenvalue weighted by Gasteiger charge is -2.36. The summed E-state index contributed by atoms with van der Waals surface area (Å²) in [5.41, 5.74) is 1.14. The van der Waals surface area contributed by atoms with E-state index in [1.165, 1.54) is 11.3 Å². The number of hydrogen-bond acceptors (Lipinski definition) is 6. The summed E-state index contributed by atoms with van der Waals surface area (Å²) in [6.07, 6.45) is 1.70. The number of imide groups is 1. The predicted molar refractivity (Wildman–Crippen MR) is 120 cm³/mol. The van der Waals surface area contributed by atoms with Crippen LogP contribution in [0.25, 0.3) is 6.08 Å². The molecule has 0 radical (unpaired) electrons. The second kappa shape index (κ2) is 8.73. The maximum absolute atomic E-state index is 12.7. The van der Waals surface area contributed by atoms with Crippen molar-refractivity contribution < 1.29 is 14.4 Å². The largest absolute Gasteiger partial charge is 0.368 e. The van der Waals surface area contributed by atoms with Crippen LogP contribution in [0.5, 0.6) is 0 Å². The first-order valence-electron chi connectivity index (χ1n) is 9.10. The minimum Gasteiger partial charge on any atom is -0.368 e. The van der Waals surface area contributed by atoms with Gasteiger partial charge in [0.1, 0.15) is 6.54 Å². The Hall–Kier alpha value is -2.10. The Kier molecular flexibility index (Phi) is 6.07.